The highest BCUT2D eigenvalue weighted by Crippen LogP contribution is 2.43. The molecule has 2 heterocycles. The predicted octanol–water partition coefficient (Wildman–Crippen LogP) is -1.48. The summed E-state index contributed by atoms with van der Waals surface area (Å²) in [4.78, 5) is 43.2. The molecular formula is C10H14IN2O9P. The van der Waals surface area contributed by atoms with E-state index in [1.165, 1.54) is 13.3 Å². The summed E-state index contributed by atoms with van der Waals surface area (Å²) in [7, 11) is -3.58. The first-order valence-electron chi connectivity index (χ1n) is 6.21. The number of nitrogens with zero attached hydrogens (tertiary/aromatic N) is 1. The Labute approximate surface area is 142 Å². The standard InChI is InChI=1S/C10H14IN2O9P/c1-20-3-5-7(22-23(17,18)19)6(14)9(21-5)13-2-4(11)8(15)12-10(13)16/h2,5-7,9,14H,3H2,1H3,(H,12,15,16)(H2,17,18,19)/t5-,6+,7+,9-/m1/s1. The first-order valence-corrected chi connectivity index (χ1v) is 8.82. The molecule has 2 rings (SSSR count). The lowest BCUT2D eigenvalue weighted by molar-refractivity contribution is -0.0613. The van der Waals surface area contributed by atoms with E-state index in [0.717, 1.165) is 4.57 Å². The number of aliphatic hydroxyl groups is 1. The van der Waals surface area contributed by atoms with Gasteiger partial charge in [0.05, 0.1) is 10.2 Å². The number of rotatable bonds is 5. The van der Waals surface area contributed by atoms with Crippen LogP contribution in [0.3, 0.4) is 0 Å². The van der Waals surface area contributed by atoms with Crippen molar-refractivity contribution in [2.75, 3.05) is 13.7 Å². The molecule has 23 heavy (non-hydrogen) atoms. The fourth-order valence-corrected chi connectivity index (χ4v) is 3.20. The van der Waals surface area contributed by atoms with Crippen LogP contribution in [0.1, 0.15) is 6.23 Å². The van der Waals surface area contributed by atoms with Crippen molar-refractivity contribution in [1.82, 2.24) is 9.55 Å². The summed E-state index contributed by atoms with van der Waals surface area (Å²) in [5, 5.41) is 10.2. The van der Waals surface area contributed by atoms with Crippen molar-refractivity contribution < 1.29 is 33.5 Å². The minimum atomic E-state index is -4.90. The van der Waals surface area contributed by atoms with E-state index < -0.39 is 43.6 Å². The molecule has 1 aromatic rings. The van der Waals surface area contributed by atoms with Gasteiger partial charge in [-0.05, 0) is 22.6 Å². The number of aromatic nitrogens is 2. The number of aliphatic hydroxyl groups excluding tert-OH is 1. The Kier molecular flexibility index (Phi) is 5.79. The Balaban J connectivity index is 2.38. The molecular weight excluding hydrogens is 450 g/mol. The molecule has 0 amide bonds. The largest absolute Gasteiger partial charge is 0.470 e. The minimum Gasteiger partial charge on any atom is -0.386 e. The molecule has 0 bridgehead atoms. The second-order valence-corrected chi connectivity index (χ2v) is 7.07. The first-order chi connectivity index (χ1) is 10.6. The van der Waals surface area contributed by atoms with Crippen molar-refractivity contribution in [3.8, 4) is 0 Å². The van der Waals surface area contributed by atoms with Crippen molar-refractivity contribution in [3.05, 3.63) is 30.6 Å². The molecule has 1 aromatic heterocycles. The van der Waals surface area contributed by atoms with Crippen LogP contribution in [0, 0.1) is 3.57 Å². The molecule has 0 unspecified atom stereocenters. The van der Waals surface area contributed by atoms with Crippen LogP contribution in [0.25, 0.3) is 0 Å². The number of H-pyrrole nitrogens is 1. The number of aromatic amines is 1. The smallest absolute Gasteiger partial charge is 0.386 e. The molecule has 1 aliphatic rings. The SMILES string of the molecule is COC[C@H]1O[C@@H](n2cc(I)c(=O)[nH]c2=O)[C@@H](O)[C@H]1OP(=O)(O)O. The number of methoxy groups -OCH3 is 1. The quantitative estimate of drug-likeness (QED) is 0.301. The summed E-state index contributed by atoms with van der Waals surface area (Å²) in [6.07, 6.45) is -4.15. The van der Waals surface area contributed by atoms with Crippen LogP contribution in [0.15, 0.2) is 15.8 Å². The Morgan fingerprint density at radius 2 is 2.13 bits per heavy atom. The Hall–Kier alpha value is -0.600. The van der Waals surface area contributed by atoms with Crippen LogP contribution < -0.4 is 11.2 Å². The second-order valence-electron chi connectivity index (χ2n) is 4.72. The molecule has 0 radical (unpaired) electrons. The maximum absolute atomic E-state index is 11.9. The molecule has 0 spiro atoms. The molecule has 11 nitrogen and oxygen atoms in total. The van der Waals surface area contributed by atoms with Gasteiger partial charge in [-0.2, -0.15) is 0 Å². The van der Waals surface area contributed by atoms with Crippen molar-refractivity contribution in [2.24, 2.45) is 0 Å². The van der Waals surface area contributed by atoms with Crippen molar-refractivity contribution in [2.45, 2.75) is 24.5 Å². The topological polar surface area (TPSA) is 160 Å². The summed E-state index contributed by atoms with van der Waals surface area (Å²) >= 11 is 1.69. The summed E-state index contributed by atoms with van der Waals surface area (Å²) in [6.45, 7) is -0.132. The minimum absolute atomic E-state index is 0.132. The summed E-state index contributed by atoms with van der Waals surface area (Å²) in [5.74, 6) is 0. The lowest BCUT2D eigenvalue weighted by Gasteiger charge is -2.20. The molecule has 1 fully saturated rings. The van der Waals surface area contributed by atoms with E-state index in [2.05, 4.69) is 4.52 Å². The van der Waals surface area contributed by atoms with Gasteiger partial charge in [0.15, 0.2) is 6.23 Å². The molecule has 1 saturated heterocycles. The number of halogens is 1. The van der Waals surface area contributed by atoms with Crippen LogP contribution in [0.5, 0.6) is 0 Å². The number of nitrogens with one attached hydrogen (secondary N) is 1. The van der Waals surface area contributed by atoms with E-state index in [9.17, 15) is 19.3 Å². The van der Waals surface area contributed by atoms with E-state index in [1.807, 2.05) is 4.98 Å². The van der Waals surface area contributed by atoms with Gasteiger partial charge in [0.2, 0.25) is 0 Å². The van der Waals surface area contributed by atoms with Crippen LogP contribution >= 0.6 is 30.4 Å². The van der Waals surface area contributed by atoms with Gasteiger partial charge in [0.1, 0.15) is 18.3 Å². The van der Waals surface area contributed by atoms with Gasteiger partial charge >= 0.3 is 13.5 Å². The lowest BCUT2D eigenvalue weighted by atomic mass is 10.1. The van der Waals surface area contributed by atoms with Crippen molar-refractivity contribution >= 4 is 30.4 Å². The molecule has 4 N–H and O–H groups in total. The van der Waals surface area contributed by atoms with E-state index >= 15 is 0 Å². The Morgan fingerprint density at radius 1 is 1.48 bits per heavy atom. The van der Waals surface area contributed by atoms with Gasteiger partial charge in [-0.15, -0.1) is 0 Å². The van der Waals surface area contributed by atoms with Crippen molar-refractivity contribution in [3.63, 3.8) is 0 Å². The highest BCUT2D eigenvalue weighted by molar-refractivity contribution is 14.1. The van der Waals surface area contributed by atoms with Gasteiger partial charge in [-0.3, -0.25) is 18.9 Å². The van der Waals surface area contributed by atoms with Crippen LogP contribution in [-0.4, -0.2) is 56.5 Å². The molecule has 13 heteroatoms. The highest BCUT2D eigenvalue weighted by atomic mass is 127. The lowest BCUT2D eigenvalue weighted by Crippen LogP contribution is -2.39. The maximum Gasteiger partial charge on any atom is 0.470 e. The third kappa shape index (κ3) is 4.28. The first kappa shape index (κ1) is 18.7. The molecule has 0 saturated carbocycles. The summed E-state index contributed by atoms with van der Waals surface area (Å²) in [5.41, 5.74) is -1.44. The van der Waals surface area contributed by atoms with Crippen LogP contribution in [0.4, 0.5) is 0 Å². The molecule has 0 aromatic carbocycles. The second kappa shape index (κ2) is 7.11. The van der Waals surface area contributed by atoms with Gasteiger partial charge in [-0.25, -0.2) is 9.36 Å². The average molecular weight is 464 g/mol. The van der Waals surface area contributed by atoms with E-state index in [-0.39, 0.29) is 10.2 Å². The number of hydrogen-bond donors (Lipinski definition) is 4. The Morgan fingerprint density at radius 3 is 2.70 bits per heavy atom. The van der Waals surface area contributed by atoms with E-state index in [1.54, 1.807) is 22.6 Å². The highest BCUT2D eigenvalue weighted by Gasteiger charge is 2.48. The van der Waals surface area contributed by atoms with Crippen molar-refractivity contribution in [1.29, 1.82) is 0 Å². The van der Waals surface area contributed by atoms with Crippen LogP contribution in [-0.2, 0) is 18.6 Å². The zero-order chi connectivity index (χ0) is 17.4. The molecule has 0 aliphatic carbocycles. The van der Waals surface area contributed by atoms with E-state index in [4.69, 9.17) is 19.3 Å². The summed E-state index contributed by atoms with van der Waals surface area (Å²) in [6, 6.07) is 0. The van der Waals surface area contributed by atoms with Gasteiger partial charge < -0.3 is 24.4 Å². The normalized spacial score (nSPS) is 28.2. The Bertz CT molecular complexity index is 728. The monoisotopic (exact) mass is 464 g/mol. The zero-order valence-electron chi connectivity index (χ0n) is 11.7. The molecule has 1 aliphatic heterocycles. The fraction of sp³-hybridized carbons (Fsp3) is 0.600. The fourth-order valence-electron chi connectivity index (χ4n) is 2.19. The van der Waals surface area contributed by atoms with Gasteiger partial charge in [0, 0.05) is 13.3 Å². The summed E-state index contributed by atoms with van der Waals surface area (Å²) < 4.78 is 27.0. The molecule has 130 valence electrons. The average Bonchev–Trinajstić information content (AvgIpc) is 2.71. The van der Waals surface area contributed by atoms with E-state index in [0.29, 0.717) is 0 Å². The third-order valence-electron chi connectivity index (χ3n) is 3.10. The third-order valence-corrected chi connectivity index (χ3v) is 4.38. The number of ether oxygens (including phenoxy) is 2. The maximum atomic E-state index is 11.9. The predicted molar refractivity (Wildman–Crippen MR) is 82.7 cm³/mol. The van der Waals surface area contributed by atoms with Gasteiger partial charge in [-0.1, -0.05) is 0 Å². The molecule has 4 atom stereocenters. The van der Waals surface area contributed by atoms with Gasteiger partial charge in [0.25, 0.3) is 5.56 Å². The number of hydrogen-bond acceptors (Lipinski definition) is 7. The van der Waals surface area contributed by atoms with Crippen LogP contribution in [0.2, 0.25) is 0 Å². The number of phosphoric ester groups is 1. The number of phosphoric acid groups is 1. The zero-order valence-corrected chi connectivity index (χ0v) is 14.7.